The Bertz CT molecular complexity index is 674. The summed E-state index contributed by atoms with van der Waals surface area (Å²) in [7, 11) is 4.39. The third-order valence-corrected chi connectivity index (χ3v) is 9.99. The van der Waals surface area contributed by atoms with Gasteiger partial charge < -0.3 is 15.3 Å². The fourth-order valence-electron chi connectivity index (χ4n) is 8.32. The van der Waals surface area contributed by atoms with Crippen LogP contribution in [0.15, 0.2) is 11.6 Å². The van der Waals surface area contributed by atoms with Gasteiger partial charge in [0, 0.05) is 31.0 Å². The molecule has 0 spiro atoms. The summed E-state index contributed by atoms with van der Waals surface area (Å²) in [5.41, 5.74) is 2.03. The Kier molecular flexibility index (Phi) is 5.65. The molecule has 0 heterocycles. The average molecular weight is 403 g/mol. The number of hydrogen-bond acceptors (Lipinski definition) is 3. The van der Waals surface area contributed by atoms with Gasteiger partial charge in [0.15, 0.2) is 0 Å². The fraction of sp³-hybridized carbons (Fsp3) is 0.880. The molecule has 29 heavy (non-hydrogen) atoms. The fourth-order valence-corrected chi connectivity index (χ4v) is 8.32. The van der Waals surface area contributed by atoms with Crippen LogP contribution in [0.4, 0.5) is 0 Å². The molecule has 3 saturated carbocycles. The molecule has 0 radical (unpaired) electrons. The Labute approximate surface area is 177 Å². The van der Waals surface area contributed by atoms with Crippen LogP contribution in [0.2, 0.25) is 0 Å². The van der Waals surface area contributed by atoms with Crippen LogP contribution in [0.3, 0.4) is 0 Å². The largest absolute Gasteiger partial charge is 0.396 e. The predicted octanol–water partition coefficient (Wildman–Crippen LogP) is 3.99. The summed E-state index contributed by atoms with van der Waals surface area (Å²) < 4.78 is 0. The lowest BCUT2D eigenvalue weighted by molar-refractivity contribution is -0.120. The van der Waals surface area contributed by atoms with Crippen molar-refractivity contribution >= 4 is 5.91 Å². The summed E-state index contributed by atoms with van der Waals surface area (Å²) in [5, 5.41) is 13.9. The van der Waals surface area contributed by atoms with E-state index >= 15 is 0 Å². The number of allylic oxidation sites excluding steroid dienone is 1. The molecular formula is C25H42N2O2. The Hall–Kier alpha value is -0.870. The van der Waals surface area contributed by atoms with Crippen molar-refractivity contribution in [3.05, 3.63) is 11.6 Å². The number of carbonyl (C=O) groups is 1. The van der Waals surface area contributed by atoms with E-state index in [0.29, 0.717) is 35.9 Å². The number of nitrogens with zero attached hydrogens (tertiary/aromatic N) is 1. The zero-order valence-electron chi connectivity index (χ0n) is 19.2. The highest BCUT2D eigenvalue weighted by Gasteiger charge is 2.61. The van der Waals surface area contributed by atoms with Gasteiger partial charge in [-0.2, -0.15) is 0 Å². The summed E-state index contributed by atoms with van der Waals surface area (Å²) in [5.74, 6) is 2.86. The SMILES string of the molecule is CC(=O)NC1CCC2(C)C(=CCC3C2CCC2(CO)C3CCC2C(C)N(C)C)C1. The molecule has 4 aliphatic rings. The standard InChI is InChI=1S/C25H42N2O2/c1-16(27(4)5)21-8-9-23-20-7-6-18-14-19(26-17(2)29)10-12-24(18,3)22(20)11-13-25(21,23)15-28/h6,16,19-23,28H,7-15H2,1-5H3,(H,26,29). The van der Waals surface area contributed by atoms with Crippen LogP contribution in [0.1, 0.15) is 72.1 Å². The molecule has 0 saturated heterocycles. The van der Waals surface area contributed by atoms with Gasteiger partial charge in [-0.05, 0) is 101 Å². The van der Waals surface area contributed by atoms with Crippen LogP contribution in [0.25, 0.3) is 0 Å². The third kappa shape index (κ3) is 3.29. The van der Waals surface area contributed by atoms with E-state index in [4.69, 9.17) is 0 Å². The summed E-state index contributed by atoms with van der Waals surface area (Å²) >= 11 is 0. The maximum Gasteiger partial charge on any atom is 0.217 e. The van der Waals surface area contributed by atoms with Crippen LogP contribution >= 0.6 is 0 Å². The number of hydrogen-bond donors (Lipinski definition) is 2. The molecule has 1 amide bonds. The van der Waals surface area contributed by atoms with Gasteiger partial charge in [0.2, 0.25) is 5.91 Å². The van der Waals surface area contributed by atoms with Gasteiger partial charge in [-0.15, -0.1) is 0 Å². The van der Waals surface area contributed by atoms with Crippen molar-refractivity contribution in [1.29, 1.82) is 0 Å². The second-order valence-electron chi connectivity index (χ2n) is 11.2. The maximum absolute atomic E-state index is 11.5. The summed E-state index contributed by atoms with van der Waals surface area (Å²) in [6.07, 6.45) is 12.1. The summed E-state index contributed by atoms with van der Waals surface area (Å²) in [6.45, 7) is 6.88. The molecule has 0 aromatic heterocycles. The molecule has 4 nitrogen and oxygen atoms in total. The van der Waals surface area contributed by atoms with E-state index in [-0.39, 0.29) is 11.3 Å². The lowest BCUT2D eigenvalue weighted by Gasteiger charge is -2.59. The average Bonchev–Trinajstić information content (AvgIpc) is 3.07. The van der Waals surface area contributed by atoms with E-state index < -0.39 is 0 Å². The number of nitrogens with one attached hydrogen (secondary N) is 1. The van der Waals surface area contributed by atoms with E-state index in [1.54, 1.807) is 12.5 Å². The minimum Gasteiger partial charge on any atom is -0.396 e. The van der Waals surface area contributed by atoms with Crippen LogP contribution < -0.4 is 5.32 Å². The van der Waals surface area contributed by atoms with E-state index in [1.165, 1.54) is 38.5 Å². The van der Waals surface area contributed by atoms with Crippen LogP contribution in [0, 0.1) is 34.5 Å². The minimum atomic E-state index is 0.102. The maximum atomic E-state index is 11.5. The quantitative estimate of drug-likeness (QED) is 0.699. The first-order valence-corrected chi connectivity index (χ1v) is 12.0. The number of aliphatic hydroxyl groups is 1. The molecule has 4 heteroatoms. The minimum absolute atomic E-state index is 0.102. The second-order valence-corrected chi connectivity index (χ2v) is 11.2. The molecule has 8 unspecified atom stereocenters. The first-order valence-electron chi connectivity index (χ1n) is 12.0. The molecule has 4 aliphatic carbocycles. The Morgan fingerprint density at radius 3 is 2.66 bits per heavy atom. The van der Waals surface area contributed by atoms with Crippen LogP contribution in [0.5, 0.6) is 0 Å². The van der Waals surface area contributed by atoms with E-state index in [2.05, 4.69) is 44.2 Å². The highest BCUT2D eigenvalue weighted by molar-refractivity contribution is 5.73. The molecule has 0 aromatic carbocycles. The summed E-state index contributed by atoms with van der Waals surface area (Å²) in [4.78, 5) is 13.9. The van der Waals surface area contributed by atoms with Gasteiger partial charge in [-0.1, -0.05) is 18.6 Å². The monoisotopic (exact) mass is 402 g/mol. The summed E-state index contributed by atoms with van der Waals surface area (Å²) in [6, 6.07) is 0.849. The van der Waals surface area contributed by atoms with Crippen molar-refractivity contribution in [2.45, 2.75) is 84.2 Å². The topological polar surface area (TPSA) is 52.6 Å². The molecule has 0 aromatic rings. The zero-order chi connectivity index (χ0) is 21.0. The molecule has 0 bridgehead atoms. The van der Waals surface area contributed by atoms with Crippen molar-refractivity contribution in [2.24, 2.45) is 34.5 Å². The van der Waals surface area contributed by atoms with Gasteiger partial charge in [0.25, 0.3) is 0 Å². The van der Waals surface area contributed by atoms with Crippen molar-refractivity contribution < 1.29 is 9.90 Å². The number of amides is 1. The van der Waals surface area contributed by atoms with E-state index in [9.17, 15) is 9.90 Å². The molecular weight excluding hydrogens is 360 g/mol. The smallest absolute Gasteiger partial charge is 0.217 e. The van der Waals surface area contributed by atoms with E-state index in [1.807, 2.05) is 0 Å². The van der Waals surface area contributed by atoms with Crippen molar-refractivity contribution in [1.82, 2.24) is 10.2 Å². The van der Waals surface area contributed by atoms with Crippen molar-refractivity contribution in [3.63, 3.8) is 0 Å². The Morgan fingerprint density at radius 2 is 2.00 bits per heavy atom. The first-order chi connectivity index (χ1) is 13.7. The number of carbonyl (C=O) groups excluding carboxylic acids is 1. The first kappa shape index (κ1) is 21.4. The van der Waals surface area contributed by atoms with Crippen LogP contribution in [-0.2, 0) is 4.79 Å². The van der Waals surface area contributed by atoms with Gasteiger partial charge in [-0.25, -0.2) is 0 Å². The highest BCUT2D eigenvalue weighted by Crippen LogP contribution is 2.66. The van der Waals surface area contributed by atoms with Crippen molar-refractivity contribution in [3.8, 4) is 0 Å². The van der Waals surface area contributed by atoms with Gasteiger partial charge >= 0.3 is 0 Å². The molecule has 164 valence electrons. The zero-order valence-corrected chi connectivity index (χ0v) is 19.2. The molecule has 2 N–H and O–H groups in total. The predicted molar refractivity (Wildman–Crippen MR) is 117 cm³/mol. The highest BCUT2D eigenvalue weighted by atomic mass is 16.3. The van der Waals surface area contributed by atoms with Crippen LogP contribution in [-0.4, -0.2) is 48.7 Å². The number of fused-ring (bicyclic) bond motifs is 5. The normalized spacial score (nSPS) is 45.1. The number of rotatable bonds is 4. The van der Waals surface area contributed by atoms with Gasteiger partial charge in [0.05, 0.1) is 0 Å². The van der Waals surface area contributed by atoms with Gasteiger partial charge in [-0.3, -0.25) is 4.79 Å². The molecule has 0 aliphatic heterocycles. The van der Waals surface area contributed by atoms with E-state index in [0.717, 1.165) is 24.7 Å². The molecule has 8 atom stereocenters. The molecule has 3 fully saturated rings. The third-order valence-electron chi connectivity index (χ3n) is 9.99. The second kappa shape index (κ2) is 7.67. The Morgan fingerprint density at radius 1 is 1.24 bits per heavy atom. The number of aliphatic hydroxyl groups excluding tert-OH is 1. The van der Waals surface area contributed by atoms with Crippen molar-refractivity contribution in [2.75, 3.05) is 20.7 Å². The Balaban J connectivity index is 1.59. The lowest BCUT2D eigenvalue weighted by Crippen LogP contribution is -2.55. The molecule has 4 rings (SSSR count). The van der Waals surface area contributed by atoms with Gasteiger partial charge in [0.1, 0.15) is 0 Å². The lowest BCUT2D eigenvalue weighted by atomic mass is 9.46.